The maximum Gasteiger partial charge on any atom is 0.252 e. The Morgan fingerprint density at radius 1 is 1.13 bits per heavy atom. The first-order valence-electron chi connectivity index (χ1n) is 15.8. The third-order valence-corrected chi connectivity index (χ3v) is 9.62. The summed E-state index contributed by atoms with van der Waals surface area (Å²) in [6.07, 6.45) is 1.15. The van der Waals surface area contributed by atoms with Crippen molar-refractivity contribution in [2.45, 2.75) is 83.2 Å². The molecule has 4 atom stereocenters. The second-order valence-corrected chi connectivity index (χ2v) is 13.5. The minimum absolute atomic E-state index is 0.0798. The number of hydrogen-bond donors (Lipinski definition) is 4. The lowest BCUT2D eigenvalue weighted by Crippen LogP contribution is -2.56. The van der Waals surface area contributed by atoms with Gasteiger partial charge in [0.05, 0.1) is 0 Å². The summed E-state index contributed by atoms with van der Waals surface area (Å²) in [5, 5.41) is 30.0. The zero-order valence-corrected chi connectivity index (χ0v) is 26.8. The number of carbonyl (C=O) groups is 2. The lowest BCUT2D eigenvalue weighted by molar-refractivity contribution is -0.143. The van der Waals surface area contributed by atoms with Crippen molar-refractivity contribution < 1.29 is 28.3 Å². The molecule has 4 bridgehead atoms. The first-order chi connectivity index (χ1) is 22.4. The maximum atomic E-state index is 14.1. The molecule has 242 valence electrons. The monoisotopic (exact) mass is 636 g/mol. The summed E-state index contributed by atoms with van der Waals surface area (Å²) in [6, 6.07) is 13.7. The maximum absolute atomic E-state index is 14.1. The number of aromatic nitrogens is 2. The number of carbonyl (C=O) groups excluding carboxylic acids is 2. The van der Waals surface area contributed by atoms with E-state index < -0.39 is 46.6 Å². The number of fused-ring (bicyclic) bond motifs is 4. The number of nitrogens with zero attached hydrogens (tertiary/aromatic N) is 3. The van der Waals surface area contributed by atoms with Crippen LogP contribution in [-0.2, 0) is 21.4 Å². The van der Waals surface area contributed by atoms with Crippen LogP contribution < -0.4 is 20.7 Å². The number of aliphatic hydroxyl groups is 1. The van der Waals surface area contributed by atoms with Crippen LogP contribution in [0.3, 0.4) is 0 Å². The Balaban J connectivity index is 1.50. The smallest absolute Gasteiger partial charge is 0.252 e. The van der Waals surface area contributed by atoms with Crippen molar-refractivity contribution in [3.05, 3.63) is 82.8 Å². The highest BCUT2D eigenvalue weighted by Crippen LogP contribution is 2.59. The fraction of sp³-hybridized carbons (Fsp3) is 0.400. The van der Waals surface area contributed by atoms with Crippen LogP contribution in [0, 0.1) is 16.7 Å². The second kappa shape index (κ2) is 10.7. The molecule has 4 aromatic rings. The van der Waals surface area contributed by atoms with Crippen LogP contribution in [0.5, 0.6) is 5.75 Å². The molecule has 0 fully saturated rings. The second-order valence-electron chi connectivity index (χ2n) is 13.5. The van der Waals surface area contributed by atoms with Gasteiger partial charge in [0.15, 0.2) is 23.4 Å². The summed E-state index contributed by atoms with van der Waals surface area (Å²) < 4.78 is 19.2. The normalized spacial score (nSPS) is 22.8. The van der Waals surface area contributed by atoms with Crippen molar-refractivity contribution in [2.75, 3.05) is 5.32 Å². The van der Waals surface area contributed by atoms with Gasteiger partial charge in [0.25, 0.3) is 5.91 Å². The Labute approximate surface area is 271 Å². The molecule has 1 spiro atoms. The number of benzene rings is 2. The van der Waals surface area contributed by atoms with Gasteiger partial charge < -0.3 is 34.6 Å². The lowest BCUT2D eigenvalue weighted by atomic mass is 9.72. The van der Waals surface area contributed by atoms with Gasteiger partial charge in [-0.2, -0.15) is 10.2 Å². The first kappa shape index (κ1) is 30.5. The van der Waals surface area contributed by atoms with Crippen LogP contribution in [0.15, 0.2) is 57.6 Å². The summed E-state index contributed by atoms with van der Waals surface area (Å²) in [4.78, 5) is 36.9. The Kier molecular flexibility index (Phi) is 6.95. The molecule has 3 aliphatic heterocycles. The summed E-state index contributed by atoms with van der Waals surface area (Å²) in [5.41, 5.74) is 0.288. The first-order valence-corrected chi connectivity index (χ1v) is 15.8. The summed E-state index contributed by atoms with van der Waals surface area (Å²) in [6.45, 7) is 9.29. The van der Waals surface area contributed by atoms with Gasteiger partial charge >= 0.3 is 0 Å². The van der Waals surface area contributed by atoms with E-state index in [1.54, 1.807) is 13.8 Å². The van der Waals surface area contributed by atoms with Crippen LogP contribution >= 0.6 is 0 Å². The van der Waals surface area contributed by atoms with Crippen molar-refractivity contribution >= 4 is 17.5 Å². The molecule has 0 radical (unpaired) electrons. The molecule has 2 aromatic carbocycles. The number of anilines is 1. The number of hydrogen-bond acceptors (Lipinski definition) is 10. The van der Waals surface area contributed by atoms with Crippen LogP contribution in [0.4, 0.5) is 5.69 Å². The molecule has 1 unspecified atom stereocenters. The molecule has 7 rings (SSSR count). The topological polar surface area (TPSA) is 176 Å². The lowest BCUT2D eigenvalue weighted by Gasteiger charge is -2.33. The summed E-state index contributed by atoms with van der Waals surface area (Å²) >= 11 is 0. The predicted octanol–water partition coefficient (Wildman–Crippen LogP) is 4.48. The van der Waals surface area contributed by atoms with E-state index in [9.17, 15) is 20.0 Å². The number of rotatable bonds is 5. The number of nitriles is 1. The molecule has 12 heteroatoms. The Morgan fingerprint density at radius 2 is 1.89 bits per heavy atom. The molecule has 4 N–H and O–H groups in total. The van der Waals surface area contributed by atoms with Gasteiger partial charge in [-0.05, 0) is 41.5 Å². The SMILES string of the molecule is CCC(O)(CC)C(=O)N[C@H]1Cc2ccc3c(c2)C2(c4ccccc4N[C@@H]2O3)c2oc(nc2-c2nc(C#N)co2)[C@H](C(C)(C)C)NC1=O. The molecule has 47 heavy (non-hydrogen) atoms. The van der Waals surface area contributed by atoms with Crippen LogP contribution in [0.25, 0.3) is 11.6 Å². The van der Waals surface area contributed by atoms with Crippen molar-refractivity contribution in [3.8, 4) is 23.4 Å². The molecule has 0 aliphatic carbocycles. The van der Waals surface area contributed by atoms with E-state index in [2.05, 4.69) is 20.9 Å². The largest absolute Gasteiger partial charge is 0.469 e. The van der Waals surface area contributed by atoms with E-state index >= 15 is 0 Å². The molecule has 0 saturated heterocycles. The standard InChI is InChI=1S/C35H36N6O6/c1-6-34(44,7-2)31(43)38-23-15-18-12-13-24-21(14-18)35(20-10-8-9-11-22(20)39-32(35)46-24)27-25(29-37-19(16-36)17-45-29)40-30(47-27)26(33(3,4)5)41-28(23)42/h8-14,17,23,26,32,39,44H,6-7,15H2,1-5H3,(H,38,43)(H,41,42)/t23-,26+,32+,35?/m0/s1. The zero-order valence-electron chi connectivity index (χ0n) is 26.8. The van der Waals surface area contributed by atoms with Crippen LogP contribution in [0.1, 0.15) is 87.5 Å². The number of amides is 2. The van der Waals surface area contributed by atoms with Crippen molar-refractivity contribution in [1.29, 1.82) is 5.26 Å². The Bertz CT molecular complexity index is 1950. The fourth-order valence-electron chi connectivity index (χ4n) is 6.86. The van der Waals surface area contributed by atoms with Gasteiger partial charge in [0.2, 0.25) is 17.7 Å². The average molecular weight is 637 g/mol. The fourth-order valence-corrected chi connectivity index (χ4v) is 6.86. The minimum atomic E-state index is -1.62. The van der Waals surface area contributed by atoms with Crippen LogP contribution in [0.2, 0.25) is 0 Å². The van der Waals surface area contributed by atoms with Gasteiger partial charge in [-0.25, -0.2) is 4.98 Å². The number of ether oxygens (including phenoxy) is 1. The molecule has 2 aromatic heterocycles. The van der Waals surface area contributed by atoms with Gasteiger partial charge in [-0.15, -0.1) is 0 Å². The molecule has 0 saturated carbocycles. The third kappa shape index (κ3) is 4.59. The molecule has 5 heterocycles. The Morgan fingerprint density at radius 3 is 2.60 bits per heavy atom. The molecule has 2 amide bonds. The van der Waals surface area contributed by atoms with E-state index in [4.69, 9.17) is 18.6 Å². The van der Waals surface area contributed by atoms with Crippen molar-refractivity contribution in [3.63, 3.8) is 0 Å². The molecular formula is C35H36N6O6. The van der Waals surface area contributed by atoms with E-state index in [0.29, 0.717) is 11.5 Å². The molecule has 3 aliphatic rings. The highest BCUT2D eigenvalue weighted by atomic mass is 16.5. The van der Waals surface area contributed by atoms with Gasteiger partial charge in [-0.1, -0.05) is 65.0 Å². The number of para-hydroxylation sites is 1. The molecular weight excluding hydrogens is 600 g/mol. The van der Waals surface area contributed by atoms with Gasteiger partial charge in [0.1, 0.15) is 41.2 Å². The highest BCUT2D eigenvalue weighted by Gasteiger charge is 2.61. The van der Waals surface area contributed by atoms with Gasteiger partial charge in [-0.3, -0.25) is 9.59 Å². The number of nitrogens with one attached hydrogen (secondary N) is 3. The van der Waals surface area contributed by atoms with Crippen molar-refractivity contribution in [2.24, 2.45) is 5.41 Å². The van der Waals surface area contributed by atoms with E-state index in [1.165, 1.54) is 6.26 Å². The minimum Gasteiger partial charge on any atom is -0.469 e. The zero-order chi connectivity index (χ0) is 33.3. The van der Waals surface area contributed by atoms with E-state index in [0.717, 1.165) is 22.4 Å². The van der Waals surface area contributed by atoms with Crippen LogP contribution in [-0.4, -0.2) is 44.8 Å². The van der Waals surface area contributed by atoms with Crippen molar-refractivity contribution in [1.82, 2.24) is 20.6 Å². The van der Waals surface area contributed by atoms with E-state index in [1.807, 2.05) is 69.3 Å². The summed E-state index contributed by atoms with van der Waals surface area (Å²) in [7, 11) is 0. The average Bonchev–Trinajstić information content (AvgIpc) is 3.82. The van der Waals surface area contributed by atoms with Gasteiger partial charge in [0, 0.05) is 17.7 Å². The third-order valence-electron chi connectivity index (χ3n) is 9.62. The summed E-state index contributed by atoms with van der Waals surface area (Å²) in [5.74, 6) is 0.201. The highest BCUT2D eigenvalue weighted by molar-refractivity contribution is 5.91. The Hall–Kier alpha value is -5.15. The quantitative estimate of drug-likeness (QED) is 0.244. The van der Waals surface area contributed by atoms with E-state index in [-0.39, 0.29) is 42.4 Å². The molecule has 12 nitrogen and oxygen atoms in total. The predicted molar refractivity (Wildman–Crippen MR) is 169 cm³/mol. The number of oxazole rings is 2.